The molecular formula is C27H26N2O5. The van der Waals surface area contributed by atoms with Gasteiger partial charge in [-0.2, -0.15) is 0 Å². The molecule has 0 spiro atoms. The molecule has 1 atom stereocenters. The van der Waals surface area contributed by atoms with Gasteiger partial charge in [0.25, 0.3) is 0 Å². The number of esters is 1. The fourth-order valence-corrected chi connectivity index (χ4v) is 4.17. The van der Waals surface area contributed by atoms with Crippen LogP contribution < -0.4 is 10.6 Å². The standard InChI is InChI=1S/C27H26N2O5/c30-18-28-15-20(14-26(31)33-16-19-8-2-1-3-9-19)29-27(32)34-17-25-23-12-6-4-10-21(23)22-11-5-7-13-24(22)25/h1-13,18,20,25H,14-17H2,(H,28,30)(H,29,32)/t20-/m0/s1. The Morgan fingerprint density at radius 3 is 2.12 bits per heavy atom. The van der Waals surface area contributed by atoms with E-state index in [1.165, 1.54) is 0 Å². The van der Waals surface area contributed by atoms with Gasteiger partial charge in [-0.1, -0.05) is 78.9 Å². The third kappa shape index (κ3) is 5.61. The van der Waals surface area contributed by atoms with Gasteiger partial charge in [0, 0.05) is 12.5 Å². The van der Waals surface area contributed by atoms with E-state index in [0.29, 0.717) is 6.41 Å². The van der Waals surface area contributed by atoms with Crippen LogP contribution in [0.15, 0.2) is 78.9 Å². The largest absolute Gasteiger partial charge is 0.461 e. The lowest BCUT2D eigenvalue weighted by Crippen LogP contribution is -2.43. The third-order valence-corrected chi connectivity index (χ3v) is 5.77. The van der Waals surface area contributed by atoms with Crippen LogP contribution in [-0.4, -0.2) is 37.7 Å². The number of carbonyl (C=O) groups excluding carboxylic acids is 3. The minimum absolute atomic E-state index is 0.0689. The molecule has 0 saturated carbocycles. The van der Waals surface area contributed by atoms with Crippen molar-refractivity contribution in [3.8, 4) is 11.1 Å². The first-order valence-electron chi connectivity index (χ1n) is 11.1. The van der Waals surface area contributed by atoms with Crippen LogP contribution in [0.5, 0.6) is 0 Å². The van der Waals surface area contributed by atoms with Gasteiger partial charge < -0.3 is 20.1 Å². The third-order valence-electron chi connectivity index (χ3n) is 5.77. The van der Waals surface area contributed by atoms with Crippen LogP contribution in [0.1, 0.15) is 29.0 Å². The number of carbonyl (C=O) groups is 3. The molecule has 0 bridgehead atoms. The average molecular weight is 459 g/mol. The van der Waals surface area contributed by atoms with E-state index in [9.17, 15) is 14.4 Å². The molecule has 0 unspecified atom stereocenters. The molecule has 2 N–H and O–H groups in total. The second-order valence-corrected chi connectivity index (χ2v) is 8.04. The smallest absolute Gasteiger partial charge is 0.407 e. The molecule has 0 aliphatic heterocycles. The predicted octanol–water partition coefficient (Wildman–Crippen LogP) is 3.77. The zero-order valence-electron chi connectivity index (χ0n) is 18.6. The number of fused-ring (bicyclic) bond motifs is 3. The molecule has 3 aromatic rings. The highest BCUT2D eigenvalue weighted by molar-refractivity contribution is 5.79. The SMILES string of the molecule is O=CNC[C@H](CC(=O)OCc1ccccc1)NC(=O)OCC1c2ccccc2-c2ccccc21. The maximum atomic E-state index is 12.6. The molecule has 0 aromatic heterocycles. The molecule has 0 fully saturated rings. The normalized spacial score (nSPS) is 12.7. The van der Waals surface area contributed by atoms with Crippen LogP contribution in [0, 0.1) is 0 Å². The summed E-state index contributed by atoms with van der Waals surface area (Å²) in [6.45, 7) is 0.374. The summed E-state index contributed by atoms with van der Waals surface area (Å²) in [7, 11) is 0. The van der Waals surface area contributed by atoms with Crippen LogP contribution >= 0.6 is 0 Å². The Balaban J connectivity index is 1.33. The highest BCUT2D eigenvalue weighted by Gasteiger charge is 2.29. The molecule has 3 aromatic carbocycles. The maximum absolute atomic E-state index is 12.6. The zero-order chi connectivity index (χ0) is 23.8. The minimum Gasteiger partial charge on any atom is -0.461 e. The second-order valence-electron chi connectivity index (χ2n) is 8.04. The first-order chi connectivity index (χ1) is 16.7. The van der Waals surface area contributed by atoms with Crippen LogP contribution in [0.3, 0.4) is 0 Å². The molecule has 7 nitrogen and oxygen atoms in total. The van der Waals surface area contributed by atoms with E-state index in [0.717, 1.165) is 27.8 Å². The molecule has 174 valence electrons. The van der Waals surface area contributed by atoms with E-state index in [1.807, 2.05) is 66.7 Å². The quantitative estimate of drug-likeness (QED) is 0.356. The molecule has 2 amide bonds. The molecule has 1 aliphatic rings. The maximum Gasteiger partial charge on any atom is 0.407 e. The van der Waals surface area contributed by atoms with Crippen molar-refractivity contribution in [3.05, 3.63) is 95.6 Å². The monoisotopic (exact) mass is 458 g/mol. The molecule has 7 heteroatoms. The molecule has 1 aliphatic carbocycles. The van der Waals surface area contributed by atoms with Crippen molar-refractivity contribution in [2.45, 2.75) is 25.0 Å². The topological polar surface area (TPSA) is 93.7 Å². The highest BCUT2D eigenvalue weighted by Crippen LogP contribution is 2.44. The fraction of sp³-hybridized carbons (Fsp3) is 0.222. The summed E-state index contributed by atoms with van der Waals surface area (Å²) in [5.74, 6) is -0.555. The number of hydrogen-bond donors (Lipinski definition) is 2. The Labute approximate surface area is 198 Å². The van der Waals surface area contributed by atoms with Gasteiger partial charge in [0.05, 0.1) is 12.5 Å². The van der Waals surface area contributed by atoms with Crippen molar-refractivity contribution < 1.29 is 23.9 Å². The summed E-state index contributed by atoms with van der Waals surface area (Å²) in [5, 5.41) is 5.17. The Hall–Kier alpha value is -4.13. The number of nitrogens with one attached hydrogen (secondary N) is 2. The van der Waals surface area contributed by atoms with Crippen molar-refractivity contribution >= 4 is 18.5 Å². The lowest BCUT2D eigenvalue weighted by Gasteiger charge is -2.19. The second kappa shape index (κ2) is 11.1. The minimum atomic E-state index is -0.663. The van der Waals surface area contributed by atoms with E-state index in [2.05, 4.69) is 22.8 Å². The molecule has 34 heavy (non-hydrogen) atoms. The van der Waals surface area contributed by atoms with Gasteiger partial charge in [0.15, 0.2) is 0 Å². The van der Waals surface area contributed by atoms with Crippen LogP contribution in [0.25, 0.3) is 11.1 Å². The molecule has 0 radical (unpaired) electrons. The lowest BCUT2D eigenvalue weighted by atomic mass is 9.98. The highest BCUT2D eigenvalue weighted by atomic mass is 16.5. The van der Waals surface area contributed by atoms with Crippen LogP contribution in [0.4, 0.5) is 4.79 Å². The number of benzene rings is 3. The molecular weight excluding hydrogens is 432 g/mol. The summed E-state index contributed by atoms with van der Waals surface area (Å²) in [6, 6.07) is 24.8. The summed E-state index contributed by atoms with van der Waals surface area (Å²) in [6.07, 6.45) is -0.241. The number of ether oxygens (including phenoxy) is 2. The van der Waals surface area contributed by atoms with E-state index >= 15 is 0 Å². The van der Waals surface area contributed by atoms with Crippen molar-refractivity contribution in [1.82, 2.24) is 10.6 Å². The number of hydrogen-bond acceptors (Lipinski definition) is 5. The van der Waals surface area contributed by atoms with Gasteiger partial charge in [-0.15, -0.1) is 0 Å². The van der Waals surface area contributed by atoms with Gasteiger partial charge in [-0.05, 0) is 27.8 Å². The summed E-state index contributed by atoms with van der Waals surface area (Å²) < 4.78 is 10.8. The van der Waals surface area contributed by atoms with E-state index in [-0.39, 0.29) is 32.1 Å². The Kier molecular flexibility index (Phi) is 7.55. The van der Waals surface area contributed by atoms with Gasteiger partial charge in [-0.25, -0.2) is 4.79 Å². The number of rotatable bonds is 10. The molecule has 0 saturated heterocycles. The first kappa shape index (κ1) is 23.0. The summed E-state index contributed by atoms with van der Waals surface area (Å²) >= 11 is 0. The summed E-state index contributed by atoms with van der Waals surface area (Å²) in [5.41, 5.74) is 5.37. The van der Waals surface area contributed by atoms with Gasteiger partial charge in [0.1, 0.15) is 13.2 Å². The van der Waals surface area contributed by atoms with Gasteiger partial charge in [0.2, 0.25) is 6.41 Å². The van der Waals surface area contributed by atoms with Crippen LogP contribution in [0.2, 0.25) is 0 Å². The van der Waals surface area contributed by atoms with Crippen LogP contribution in [-0.2, 0) is 25.7 Å². The van der Waals surface area contributed by atoms with E-state index in [4.69, 9.17) is 9.47 Å². The zero-order valence-corrected chi connectivity index (χ0v) is 18.6. The van der Waals surface area contributed by atoms with Crippen molar-refractivity contribution in [2.24, 2.45) is 0 Å². The Bertz CT molecular complexity index is 1100. The first-order valence-corrected chi connectivity index (χ1v) is 11.1. The van der Waals surface area contributed by atoms with Crippen molar-refractivity contribution in [3.63, 3.8) is 0 Å². The Morgan fingerprint density at radius 2 is 1.47 bits per heavy atom. The fourth-order valence-electron chi connectivity index (χ4n) is 4.17. The number of amides is 2. The van der Waals surface area contributed by atoms with E-state index < -0.39 is 18.1 Å². The summed E-state index contributed by atoms with van der Waals surface area (Å²) in [4.78, 5) is 35.6. The number of alkyl carbamates (subject to hydrolysis) is 1. The molecule has 0 heterocycles. The average Bonchev–Trinajstić information content (AvgIpc) is 3.19. The lowest BCUT2D eigenvalue weighted by molar-refractivity contribution is -0.145. The molecule has 4 rings (SSSR count). The van der Waals surface area contributed by atoms with E-state index in [1.54, 1.807) is 0 Å². The van der Waals surface area contributed by atoms with Crippen molar-refractivity contribution in [1.29, 1.82) is 0 Å². The van der Waals surface area contributed by atoms with Crippen molar-refractivity contribution in [2.75, 3.05) is 13.2 Å². The predicted molar refractivity (Wildman–Crippen MR) is 127 cm³/mol. The van der Waals surface area contributed by atoms with Gasteiger partial charge in [-0.3, -0.25) is 9.59 Å². The van der Waals surface area contributed by atoms with Gasteiger partial charge >= 0.3 is 12.1 Å². The Morgan fingerprint density at radius 1 is 0.853 bits per heavy atom.